The van der Waals surface area contributed by atoms with E-state index in [1.165, 1.54) is 10.8 Å². The zero-order chi connectivity index (χ0) is 15.6. The van der Waals surface area contributed by atoms with E-state index in [1.807, 2.05) is 6.92 Å². The van der Waals surface area contributed by atoms with Gasteiger partial charge in [0.25, 0.3) is 10.0 Å². The highest BCUT2D eigenvalue weighted by molar-refractivity contribution is 7.92. The summed E-state index contributed by atoms with van der Waals surface area (Å²) in [6.07, 6.45) is 1.32. The van der Waals surface area contributed by atoms with Gasteiger partial charge in [0.15, 0.2) is 0 Å². The van der Waals surface area contributed by atoms with Gasteiger partial charge < -0.3 is 9.67 Å². The van der Waals surface area contributed by atoms with Crippen LogP contribution in [0.15, 0.2) is 41.4 Å². The summed E-state index contributed by atoms with van der Waals surface area (Å²) in [5, 5.41) is 9.06. The van der Waals surface area contributed by atoms with Crippen LogP contribution in [0, 0.1) is 6.92 Å². The van der Waals surface area contributed by atoms with Gasteiger partial charge >= 0.3 is 5.97 Å². The first kappa shape index (κ1) is 15.1. The van der Waals surface area contributed by atoms with Crippen molar-refractivity contribution in [3.05, 3.63) is 47.8 Å². The number of rotatable bonds is 5. The van der Waals surface area contributed by atoms with Gasteiger partial charge in [-0.05, 0) is 32.0 Å². The quantitative estimate of drug-likeness (QED) is 0.887. The van der Waals surface area contributed by atoms with Crippen LogP contribution in [0.1, 0.15) is 23.0 Å². The number of aromatic nitrogens is 1. The van der Waals surface area contributed by atoms with Crippen LogP contribution in [0.2, 0.25) is 0 Å². The maximum Gasteiger partial charge on any atom is 0.352 e. The first-order valence-electron chi connectivity index (χ1n) is 6.36. The van der Waals surface area contributed by atoms with Crippen molar-refractivity contribution >= 4 is 21.7 Å². The third kappa shape index (κ3) is 3.25. The number of hydrogen-bond acceptors (Lipinski definition) is 3. The zero-order valence-corrected chi connectivity index (χ0v) is 12.5. The summed E-state index contributed by atoms with van der Waals surface area (Å²) in [7, 11) is -3.81. The molecule has 112 valence electrons. The number of anilines is 1. The van der Waals surface area contributed by atoms with Crippen molar-refractivity contribution < 1.29 is 18.3 Å². The highest BCUT2D eigenvalue weighted by Crippen LogP contribution is 2.19. The van der Waals surface area contributed by atoms with Crippen LogP contribution in [0.3, 0.4) is 0 Å². The molecular formula is C14H16N2O4S. The van der Waals surface area contributed by atoms with Gasteiger partial charge in [-0.3, -0.25) is 4.72 Å². The lowest BCUT2D eigenvalue weighted by Gasteiger charge is -2.06. The molecule has 0 saturated heterocycles. The molecule has 6 nitrogen and oxygen atoms in total. The molecular weight excluding hydrogens is 292 g/mol. The lowest BCUT2D eigenvalue weighted by Crippen LogP contribution is -2.12. The van der Waals surface area contributed by atoms with Crippen LogP contribution in [0.25, 0.3) is 0 Å². The molecule has 0 bridgehead atoms. The van der Waals surface area contributed by atoms with Crippen LogP contribution in [-0.2, 0) is 16.6 Å². The molecule has 7 heteroatoms. The average molecular weight is 308 g/mol. The number of aryl methyl sites for hydroxylation is 2. The van der Waals surface area contributed by atoms with Gasteiger partial charge in [-0.1, -0.05) is 17.7 Å². The third-order valence-corrected chi connectivity index (χ3v) is 4.39. The Morgan fingerprint density at radius 1 is 1.29 bits per heavy atom. The lowest BCUT2D eigenvalue weighted by molar-refractivity contribution is 0.0685. The second-order valence-electron chi connectivity index (χ2n) is 4.62. The molecule has 1 aromatic heterocycles. The van der Waals surface area contributed by atoms with Crippen LogP contribution in [-0.4, -0.2) is 24.1 Å². The number of benzene rings is 1. The average Bonchev–Trinajstić information content (AvgIpc) is 2.86. The van der Waals surface area contributed by atoms with Gasteiger partial charge in [0, 0.05) is 18.4 Å². The summed E-state index contributed by atoms with van der Waals surface area (Å²) in [5.41, 5.74) is 1.40. The van der Waals surface area contributed by atoms with E-state index in [2.05, 4.69) is 4.72 Å². The second-order valence-corrected chi connectivity index (χ2v) is 6.31. The number of carboxylic acids is 1. The van der Waals surface area contributed by atoms with E-state index < -0.39 is 16.0 Å². The van der Waals surface area contributed by atoms with Gasteiger partial charge in [0.1, 0.15) is 10.6 Å². The summed E-state index contributed by atoms with van der Waals surface area (Å²) < 4.78 is 28.4. The topological polar surface area (TPSA) is 88.4 Å². The second kappa shape index (κ2) is 5.61. The Hall–Kier alpha value is -2.28. The minimum absolute atomic E-state index is 0.0539. The van der Waals surface area contributed by atoms with Crippen LogP contribution in [0.5, 0.6) is 0 Å². The van der Waals surface area contributed by atoms with E-state index in [1.54, 1.807) is 31.2 Å². The number of sulfonamides is 1. The summed E-state index contributed by atoms with van der Waals surface area (Å²) in [6.45, 7) is 4.02. The molecule has 1 heterocycles. The minimum atomic E-state index is -3.81. The smallest absolute Gasteiger partial charge is 0.352 e. The molecule has 0 aliphatic rings. The summed E-state index contributed by atoms with van der Waals surface area (Å²) in [4.78, 5) is 11.0. The fourth-order valence-corrected chi connectivity index (χ4v) is 3.00. The van der Waals surface area contributed by atoms with Gasteiger partial charge in [-0.15, -0.1) is 0 Å². The molecule has 0 aliphatic heterocycles. The van der Waals surface area contributed by atoms with Crippen LogP contribution < -0.4 is 4.72 Å². The van der Waals surface area contributed by atoms with E-state index in [0.717, 1.165) is 11.6 Å². The van der Waals surface area contributed by atoms with E-state index in [9.17, 15) is 13.2 Å². The molecule has 0 spiro atoms. The van der Waals surface area contributed by atoms with Crippen molar-refractivity contribution in [2.45, 2.75) is 25.3 Å². The fourth-order valence-electron chi connectivity index (χ4n) is 1.91. The Bertz CT molecular complexity index is 761. The van der Waals surface area contributed by atoms with E-state index in [0.29, 0.717) is 12.2 Å². The number of carboxylic acid groups (broad SMARTS) is 1. The highest BCUT2D eigenvalue weighted by atomic mass is 32.2. The number of carbonyl (C=O) groups is 1. The van der Waals surface area contributed by atoms with Crippen LogP contribution >= 0.6 is 0 Å². The summed E-state index contributed by atoms with van der Waals surface area (Å²) >= 11 is 0. The first-order valence-corrected chi connectivity index (χ1v) is 7.85. The van der Waals surface area contributed by atoms with Gasteiger partial charge in [-0.25, -0.2) is 13.2 Å². The maximum atomic E-state index is 12.3. The molecule has 0 radical (unpaired) electrons. The van der Waals surface area contributed by atoms with Crippen molar-refractivity contribution in [2.75, 3.05) is 4.72 Å². The lowest BCUT2D eigenvalue weighted by atomic mass is 10.2. The van der Waals surface area contributed by atoms with Crippen LogP contribution in [0.4, 0.5) is 5.69 Å². The van der Waals surface area contributed by atoms with E-state index in [-0.39, 0.29) is 10.6 Å². The standard InChI is InChI=1S/C14H16N2O4S/c1-3-16-9-12(8-13(16)14(17)18)21(19,20)15-11-6-4-10(2)5-7-11/h4-9,15H,3H2,1-2H3,(H,17,18). The number of hydrogen-bond donors (Lipinski definition) is 2. The van der Waals surface area contributed by atoms with Gasteiger partial charge in [0.2, 0.25) is 0 Å². The first-order chi connectivity index (χ1) is 9.83. The summed E-state index contributed by atoms with van der Waals surface area (Å²) in [6, 6.07) is 8.04. The molecule has 2 aromatic rings. The molecule has 2 rings (SSSR count). The largest absolute Gasteiger partial charge is 0.477 e. The van der Waals surface area contributed by atoms with Crippen molar-refractivity contribution in [1.29, 1.82) is 0 Å². The normalized spacial score (nSPS) is 11.3. The van der Waals surface area contributed by atoms with Crippen molar-refractivity contribution in [2.24, 2.45) is 0 Å². The Balaban J connectivity index is 2.35. The predicted octanol–water partition coefficient (Wildman–Crippen LogP) is 2.32. The SMILES string of the molecule is CCn1cc(S(=O)(=O)Nc2ccc(C)cc2)cc1C(=O)O. The molecule has 0 unspecified atom stereocenters. The van der Waals surface area contributed by atoms with Crippen molar-refractivity contribution in [3.8, 4) is 0 Å². The van der Waals surface area contributed by atoms with E-state index in [4.69, 9.17) is 5.11 Å². The molecule has 0 amide bonds. The Morgan fingerprint density at radius 2 is 1.90 bits per heavy atom. The number of nitrogens with one attached hydrogen (secondary N) is 1. The Kier molecular flexibility index (Phi) is 4.04. The van der Waals surface area contributed by atoms with E-state index >= 15 is 0 Å². The number of nitrogens with zero attached hydrogens (tertiary/aromatic N) is 1. The molecule has 0 atom stereocenters. The predicted molar refractivity (Wildman–Crippen MR) is 79.1 cm³/mol. The zero-order valence-electron chi connectivity index (χ0n) is 11.7. The molecule has 21 heavy (non-hydrogen) atoms. The Labute approximate surface area is 123 Å². The fraction of sp³-hybridized carbons (Fsp3) is 0.214. The van der Waals surface area contributed by atoms with Crippen molar-refractivity contribution in [1.82, 2.24) is 4.57 Å². The van der Waals surface area contributed by atoms with Gasteiger partial charge in [0.05, 0.1) is 0 Å². The molecule has 0 saturated carbocycles. The van der Waals surface area contributed by atoms with Gasteiger partial charge in [-0.2, -0.15) is 0 Å². The summed E-state index contributed by atoms with van der Waals surface area (Å²) in [5.74, 6) is -1.16. The minimum Gasteiger partial charge on any atom is -0.477 e. The number of aromatic carboxylic acids is 1. The third-order valence-electron chi connectivity index (χ3n) is 3.05. The maximum absolute atomic E-state index is 12.3. The molecule has 0 fully saturated rings. The highest BCUT2D eigenvalue weighted by Gasteiger charge is 2.21. The monoisotopic (exact) mass is 308 g/mol. The Morgan fingerprint density at radius 3 is 2.38 bits per heavy atom. The molecule has 2 N–H and O–H groups in total. The molecule has 1 aromatic carbocycles. The molecule has 0 aliphatic carbocycles. The van der Waals surface area contributed by atoms with Crippen molar-refractivity contribution in [3.63, 3.8) is 0 Å².